The normalized spacial score (nSPS) is 27.9. The molecule has 1 aliphatic rings. The first-order valence-corrected chi connectivity index (χ1v) is 6.11. The van der Waals surface area contributed by atoms with Crippen molar-refractivity contribution in [3.8, 4) is 0 Å². The highest BCUT2D eigenvalue weighted by Gasteiger charge is 2.25. The summed E-state index contributed by atoms with van der Waals surface area (Å²) in [5.41, 5.74) is 5.92. The lowest BCUT2D eigenvalue weighted by Gasteiger charge is -2.21. The largest absolute Gasteiger partial charge is 0.328 e. The SMILES string of the molecule is CCCC(C)CN1CCC(C(C)N)C1. The highest BCUT2D eigenvalue weighted by Crippen LogP contribution is 2.20. The summed E-state index contributed by atoms with van der Waals surface area (Å²) >= 11 is 0. The molecule has 0 aliphatic carbocycles. The van der Waals surface area contributed by atoms with Gasteiger partial charge in [-0.1, -0.05) is 20.3 Å². The van der Waals surface area contributed by atoms with E-state index < -0.39 is 0 Å². The molecule has 1 fully saturated rings. The molecule has 1 saturated heterocycles. The van der Waals surface area contributed by atoms with E-state index >= 15 is 0 Å². The van der Waals surface area contributed by atoms with Crippen LogP contribution in [0.5, 0.6) is 0 Å². The van der Waals surface area contributed by atoms with Crippen molar-refractivity contribution in [2.24, 2.45) is 17.6 Å². The van der Waals surface area contributed by atoms with Crippen molar-refractivity contribution in [2.45, 2.75) is 46.1 Å². The Kier molecular flexibility index (Phi) is 4.90. The fraction of sp³-hybridized carbons (Fsp3) is 1.00. The lowest BCUT2D eigenvalue weighted by atomic mass is 10.0. The van der Waals surface area contributed by atoms with E-state index in [0.29, 0.717) is 6.04 Å². The molecular weight excluding hydrogens is 172 g/mol. The Morgan fingerprint density at radius 1 is 1.43 bits per heavy atom. The quantitative estimate of drug-likeness (QED) is 0.733. The summed E-state index contributed by atoms with van der Waals surface area (Å²) in [6.45, 7) is 10.5. The van der Waals surface area contributed by atoms with E-state index in [1.54, 1.807) is 0 Å². The van der Waals surface area contributed by atoms with Crippen molar-refractivity contribution in [3.05, 3.63) is 0 Å². The van der Waals surface area contributed by atoms with Crippen molar-refractivity contribution in [3.63, 3.8) is 0 Å². The van der Waals surface area contributed by atoms with E-state index in [4.69, 9.17) is 5.73 Å². The standard InChI is InChI=1S/C12H26N2/c1-4-5-10(2)8-14-7-6-12(9-14)11(3)13/h10-12H,4-9,13H2,1-3H3. The van der Waals surface area contributed by atoms with Crippen LogP contribution in [0.1, 0.15) is 40.0 Å². The van der Waals surface area contributed by atoms with Crippen LogP contribution in [0.2, 0.25) is 0 Å². The molecule has 2 heteroatoms. The summed E-state index contributed by atoms with van der Waals surface area (Å²) in [6.07, 6.45) is 3.97. The maximum Gasteiger partial charge on any atom is 0.00514 e. The van der Waals surface area contributed by atoms with Crippen LogP contribution in [0, 0.1) is 11.8 Å². The number of hydrogen-bond donors (Lipinski definition) is 1. The third-order valence-corrected chi connectivity index (χ3v) is 3.40. The summed E-state index contributed by atoms with van der Waals surface area (Å²) in [5.74, 6) is 1.59. The third-order valence-electron chi connectivity index (χ3n) is 3.40. The first-order chi connectivity index (χ1) is 6.63. The Balaban J connectivity index is 2.21. The molecule has 0 aromatic rings. The van der Waals surface area contributed by atoms with Gasteiger partial charge in [0, 0.05) is 19.1 Å². The molecule has 2 nitrogen and oxygen atoms in total. The predicted molar refractivity (Wildman–Crippen MR) is 62.3 cm³/mol. The molecule has 1 aliphatic heterocycles. The minimum absolute atomic E-state index is 0.376. The van der Waals surface area contributed by atoms with Crippen LogP contribution in [-0.2, 0) is 0 Å². The molecule has 0 radical (unpaired) electrons. The fourth-order valence-corrected chi connectivity index (χ4v) is 2.48. The smallest absolute Gasteiger partial charge is 0.00514 e. The molecular formula is C12H26N2. The summed E-state index contributed by atoms with van der Waals surface area (Å²) in [7, 11) is 0. The lowest BCUT2D eigenvalue weighted by Crippen LogP contribution is -2.31. The zero-order valence-corrected chi connectivity index (χ0v) is 10.00. The van der Waals surface area contributed by atoms with Gasteiger partial charge < -0.3 is 10.6 Å². The Bertz CT molecular complexity index is 156. The number of nitrogens with zero attached hydrogens (tertiary/aromatic N) is 1. The van der Waals surface area contributed by atoms with Crippen LogP contribution in [0.15, 0.2) is 0 Å². The second-order valence-corrected chi connectivity index (χ2v) is 5.06. The minimum Gasteiger partial charge on any atom is -0.328 e. The molecule has 0 aromatic heterocycles. The van der Waals surface area contributed by atoms with Crippen molar-refractivity contribution < 1.29 is 0 Å². The average Bonchev–Trinajstić information content (AvgIpc) is 2.53. The van der Waals surface area contributed by atoms with Gasteiger partial charge in [-0.05, 0) is 38.1 Å². The van der Waals surface area contributed by atoms with E-state index in [-0.39, 0.29) is 0 Å². The Morgan fingerprint density at radius 3 is 2.64 bits per heavy atom. The third kappa shape index (κ3) is 3.58. The highest BCUT2D eigenvalue weighted by atomic mass is 15.1. The first-order valence-electron chi connectivity index (χ1n) is 6.11. The molecule has 2 N–H and O–H groups in total. The van der Waals surface area contributed by atoms with E-state index in [9.17, 15) is 0 Å². The van der Waals surface area contributed by atoms with Gasteiger partial charge >= 0.3 is 0 Å². The lowest BCUT2D eigenvalue weighted by molar-refractivity contribution is 0.265. The Morgan fingerprint density at radius 2 is 2.14 bits per heavy atom. The van der Waals surface area contributed by atoms with Crippen LogP contribution >= 0.6 is 0 Å². The van der Waals surface area contributed by atoms with Crippen LogP contribution in [0.25, 0.3) is 0 Å². The number of hydrogen-bond acceptors (Lipinski definition) is 2. The molecule has 1 rings (SSSR count). The number of rotatable bonds is 5. The molecule has 0 bridgehead atoms. The van der Waals surface area contributed by atoms with Crippen LogP contribution in [0.4, 0.5) is 0 Å². The molecule has 1 heterocycles. The molecule has 0 spiro atoms. The topological polar surface area (TPSA) is 29.3 Å². The average molecular weight is 198 g/mol. The fourth-order valence-electron chi connectivity index (χ4n) is 2.48. The van der Waals surface area contributed by atoms with Crippen LogP contribution in [-0.4, -0.2) is 30.6 Å². The Hall–Kier alpha value is -0.0800. The summed E-state index contributed by atoms with van der Waals surface area (Å²) in [5, 5.41) is 0. The molecule has 3 atom stereocenters. The zero-order chi connectivity index (χ0) is 10.6. The van der Waals surface area contributed by atoms with Crippen molar-refractivity contribution in [1.29, 1.82) is 0 Å². The van der Waals surface area contributed by atoms with Crippen molar-refractivity contribution in [2.75, 3.05) is 19.6 Å². The van der Waals surface area contributed by atoms with Gasteiger partial charge in [0.05, 0.1) is 0 Å². The van der Waals surface area contributed by atoms with Gasteiger partial charge in [0.1, 0.15) is 0 Å². The summed E-state index contributed by atoms with van der Waals surface area (Å²) < 4.78 is 0. The second-order valence-electron chi connectivity index (χ2n) is 5.06. The van der Waals surface area contributed by atoms with Gasteiger partial charge in [-0.15, -0.1) is 0 Å². The maximum atomic E-state index is 5.92. The van der Waals surface area contributed by atoms with Gasteiger partial charge in [-0.3, -0.25) is 0 Å². The minimum atomic E-state index is 0.376. The van der Waals surface area contributed by atoms with E-state index in [1.165, 1.54) is 38.9 Å². The molecule has 0 saturated carbocycles. The number of likely N-dealkylation sites (tertiary alicyclic amines) is 1. The van der Waals surface area contributed by atoms with Gasteiger partial charge in [-0.25, -0.2) is 0 Å². The molecule has 3 unspecified atom stereocenters. The molecule has 14 heavy (non-hydrogen) atoms. The highest BCUT2D eigenvalue weighted by molar-refractivity contribution is 4.81. The monoisotopic (exact) mass is 198 g/mol. The molecule has 0 amide bonds. The van der Waals surface area contributed by atoms with Gasteiger partial charge in [0.2, 0.25) is 0 Å². The van der Waals surface area contributed by atoms with E-state index in [1.807, 2.05) is 0 Å². The van der Waals surface area contributed by atoms with Gasteiger partial charge in [0.25, 0.3) is 0 Å². The van der Waals surface area contributed by atoms with Gasteiger partial charge in [-0.2, -0.15) is 0 Å². The Labute approximate surface area is 88.8 Å². The van der Waals surface area contributed by atoms with Crippen LogP contribution < -0.4 is 5.73 Å². The van der Waals surface area contributed by atoms with E-state index in [2.05, 4.69) is 25.7 Å². The van der Waals surface area contributed by atoms with Gasteiger partial charge in [0.15, 0.2) is 0 Å². The zero-order valence-electron chi connectivity index (χ0n) is 10.00. The predicted octanol–water partition coefficient (Wildman–Crippen LogP) is 2.09. The first kappa shape index (κ1) is 12.0. The summed E-state index contributed by atoms with van der Waals surface area (Å²) in [6, 6.07) is 0.376. The molecule has 0 aromatic carbocycles. The van der Waals surface area contributed by atoms with E-state index in [0.717, 1.165) is 11.8 Å². The number of nitrogens with two attached hydrogens (primary N) is 1. The van der Waals surface area contributed by atoms with Crippen LogP contribution in [0.3, 0.4) is 0 Å². The maximum absolute atomic E-state index is 5.92. The van der Waals surface area contributed by atoms with Crippen molar-refractivity contribution >= 4 is 0 Å². The van der Waals surface area contributed by atoms with Crippen molar-refractivity contribution in [1.82, 2.24) is 4.90 Å². The second kappa shape index (κ2) is 5.72. The molecule has 84 valence electrons. The summed E-state index contributed by atoms with van der Waals surface area (Å²) in [4.78, 5) is 2.59.